The lowest BCUT2D eigenvalue weighted by atomic mass is 9.82. The van der Waals surface area contributed by atoms with Crippen LogP contribution in [0.5, 0.6) is 0 Å². The van der Waals surface area contributed by atoms with Crippen molar-refractivity contribution in [2.24, 2.45) is 4.99 Å². The van der Waals surface area contributed by atoms with Crippen LogP contribution in [0, 0.1) is 0 Å². The van der Waals surface area contributed by atoms with Crippen LogP contribution in [0.3, 0.4) is 0 Å². The molecule has 1 fully saturated rings. The van der Waals surface area contributed by atoms with Crippen LogP contribution in [0.4, 0.5) is 0 Å². The minimum Gasteiger partial charge on any atom is -0.278 e. The van der Waals surface area contributed by atoms with E-state index in [1.807, 2.05) is 23.0 Å². The molecular weight excluding hydrogens is 294 g/mol. The van der Waals surface area contributed by atoms with Crippen LogP contribution in [-0.4, -0.2) is 20.9 Å². The van der Waals surface area contributed by atoms with E-state index < -0.39 is 0 Å². The molecule has 0 unspecified atom stereocenters. The first-order valence-corrected chi connectivity index (χ1v) is 8.76. The van der Waals surface area contributed by atoms with Crippen molar-refractivity contribution < 1.29 is 0 Å². The highest BCUT2D eigenvalue weighted by atomic mass is 15.2. The van der Waals surface area contributed by atoms with Gasteiger partial charge in [0.2, 0.25) is 0 Å². The Kier molecular flexibility index (Phi) is 2.79. The van der Waals surface area contributed by atoms with Crippen LogP contribution in [-0.2, 0) is 6.42 Å². The Hall–Kier alpha value is -2.42. The molecule has 0 amide bonds. The van der Waals surface area contributed by atoms with Crippen molar-refractivity contribution in [1.29, 1.82) is 0 Å². The van der Waals surface area contributed by atoms with Crippen molar-refractivity contribution in [1.82, 2.24) is 9.61 Å². The van der Waals surface area contributed by atoms with E-state index in [0.29, 0.717) is 0 Å². The Balaban J connectivity index is 1.72. The van der Waals surface area contributed by atoms with Crippen LogP contribution in [0.1, 0.15) is 54.9 Å². The van der Waals surface area contributed by atoms with E-state index in [2.05, 4.69) is 49.3 Å². The fourth-order valence-electron chi connectivity index (χ4n) is 3.91. The minimum atomic E-state index is -0.0680. The van der Waals surface area contributed by atoms with Gasteiger partial charge in [0.1, 0.15) is 0 Å². The first kappa shape index (κ1) is 14.0. The molecule has 1 aliphatic carbocycles. The third-order valence-corrected chi connectivity index (χ3v) is 5.17. The number of hydrogen-bond donors (Lipinski definition) is 0. The smallest absolute Gasteiger partial charge is 0.0745 e. The lowest BCUT2D eigenvalue weighted by Gasteiger charge is -2.31. The highest BCUT2D eigenvalue weighted by Gasteiger charge is 2.33. The topological polar surface area (TPSA) is 29.7 Å². The predicted octanol–water partition coefficient (Wildman–Crippen LogP) is 4.38. The molecule has 0 N–H and O–H groups in total. The van der Waals surface area contributed by atoms with Crippen molar-refractivity contribution in [2.75, 3.05) is 0 Å². The molecule has 24 heavy (non-hydrogen) atoms. The van der Waals surface area contributed by atoms with Crippen LogP contribution in [0.2, 0.25) is 0 Å². The lowest BCUT2D eigenvalue weighted by molar-refractivity contribution is 0.511. The zero-order valence-electron chi connectivity index (χ0n) is 14.2. The zero-order chi connectivity index (χ0) is 16.3. The Morgan fingerprint density at radius 1 is 1.12 bits per heavy atom. The van der Waals surface area contributed by atoms with Crippen LogP contribution >= 0.6 is 0 Å². The Morgan fingerprint density at radius 2 is 2.00 bits per heavy atom. The van der Waals surface area contributed by atoms with Gasteiger partial charge >= 0.3 is 0 Å². The summed E-state index contributed by atoms with van der Waals surface area (Å²) in [5, 5.41) is 4.54. The van der Waals surface area contributed by atoms with Crippen molar-refractivity contribution >= 4 is 11.2 Å². The van der Waals surface area contributed by atoms with Crippen LogP contribution < -0.4 is 0 Å². The lowest BCUT2D eigenvalue weighted by Crippen LogP contribution is -2.30. The van der Waals surface area contributed by atoms with Gasteiger partial charge in [0.05, 0.1) is 23.0 Å². The van der Waals surface area contributed by atoms with Crippen molar-refractivity contribution in [3.63, 3.8) is 0 Å². The van der Waals surface area contributed by atoms with Crippen molar-refractivity contribution in [2.45, 2.75) is 44.6 Å². The van der Waals surface area contributed by atoms with Gasteiger partial charge in [0.25, 0.3) is 0 Å². The van der Waals surface area contributed by atoms with Crippen molar-refractivity contribution in [3.05, 3.63) is 71.0 Å². The average molecular weight is 315 g/mol. The maximum atomic E-state index is 5.11. The quantitative estimate of drug-likeness (QED) is 0.690. The molecule has 3 heterocycles. The Labute approximate surface area is 142 Å². The fourth-order valence-corrected chi connectivity index (χ4v) is 3.91. The summed E-state index contributed by atoms with van der Waals surface area (Å²) in [4.78, 5) is 5.11. The Morgan fingerprint density at radius 3 is 2.83 bits per heavy atom. The normalized spacial score (nSPS) is 19.2. The van der Waals surface area contributed by atoms with E-state index in [1.54, 1.807) is 5.56 Å². The number of fused-ring (bicyclic) bond motifs is 2. The maximum Gasteiger partial charge on any atom is 0.0745 e. The summed E-state index contributed by atoms with van der Waals surface area (Å²) >= 11 is 0. The second kappa shape index (κ2) is 4.79. The number of rotatable bonds is 2. The van der Waals surface area contributed by atoms with Gasteiger partial charge < -0.3 is 0 Å². The first-order chi connectivity index (χ1) is 11.6. The molecule has 0 saturated heterocycles. The van der Waals surface area contributed by atoms with Gasteiger partial charge in [-0.25, -0.2) is 4.52 Å². The van der Waals surface area contributed by atoms with Crippen LogP contribution in [0.15, 0.2) is 53.8 Å². The summed E-state index contributed by atoms with van der Waals surface area (Å²) < 4.78 is 1.90. The third-order valence-electron chi connectivity index (χ3n) is 5.17. The molecular formula is C21H21N3. The van der Waals surface area contributed by atoms with E-state index in [4.69, 9.17) is 4.99 Å². The number of aliphatic imine (C=N–C) groups is 1. The molecule has 2 aliphatic rings. The number of benzene rings is 1. The Bertz CT molecular complexity index is 974. The van der Waals surface area contributed by atoms with Crippen molar-refractivity contribution in [3.8, 4) is 0 Å². The minimum absolute atomic E-state index is 0.0680. The average Bonchev–Trinajstić information content (AvgIpc) is 3.29. The zero-order valence-corrected chi connectivity index (χ0v) is 14.2. The number of aromatic nitrogens is 2. The molecule has 1 aromatic carbocycles. The summed E-state index contributed by atoms with van der Waals surface area (Å²) in [6.07, 6.45) is 7.62. The largest absolute Gasteiger partial charge is 0.278 e. The van der Waals surface area contributed by atoms with Gasteiger partial charge in [-0.15, -0.1) is 0 Å². The second-order valence-electron chi connectivity index (χ2n) is 7.72. The molecule has 5 rings (SSSR count). The molecule has 0 spiro atoms. The van der Waals surface area contributed by atoms with Gasteiger partial charge in [0.15, 0.2) is 0 Å². The van der Waals surface area contributed by atoms with Gasteiger partial charge in [-0.2, -0.15) is 5.10 Å². The molecule has 0 bridgehead atoms. The van der Waals surface area contributed by atoms with Gasteiger partial charge in [0, 0.05) is 17.3 Å². The van der Waals surface area contributed by atoms with Gasteiger partial charge in [-0.1, -0.05) is 18.2 Å². The molecule has 3 aromatic rings. The molecule has 3 nitrogen and oxygen atoms in total. The first-order valence-electron chi connectivity index (χ1n) is 8.76. The van der Waals surface area contributed by atoms with Crippen LogP contribution in [0.25, 0.3) is 5.52 Å². The summed E-state index contributed by atoms with van der Waals surface area (Å²) in [6, 6.07) is 13.1. The summed E-state index contributed by atoms with van der Waals surface area (Å²) in [5.74, 6) is 0.765. The predicted molar refractivity (Wildman–Crippen MR) is 97.0 cm³/mol. The molecule has 0 radical (unpaired) electrons. The summed E-state index contributed by atoms with van der Waals surface area (Å²) in [7, 11) is 0. The third kappa shape index (κ3) is 2.19. The highest BCUT2D eigenvalue weighted by Crippen LogP contribution is 2.44. The molecule has 3 heteroatoms. The molecule has 1 saturated carbocycles. The fraction of sp³-hybridized carbons (Fsp3) is 0.333. The summed E-state index contributed by atoms with van der Waals surface area (Å²) in [6.45, 7) is 4.48. The van der Waals surface area contributed by atoms with E-state index in [-0.39, 0.29) is 5.54 Å². The SMILES string of the molecule is CC1(C)Cc2c(cccc2C2CC2)C(c2cnn3cccc3c2)=N1. The molecule has 2 aromatic heterocycles. The highest BCUT2D eigenvalue weighted by molar-refractivity contribution is 6.15. The number of hydrogen-bond acceptors (Lipinski definition) is 2. The van der Waals surface area contributed by atoms with E-state index in [9.17, 15) is 0 Å². The second-order valence-corrected chi connectivity index (χ2v) is 7.72. The maximum absolute atomic E-state index is 5.11. The molecule has 120 valence electrons. The van der Waals surface area contributed by atoms with Gasteiger partial charge in [-0.05, 0) is 68.4 Å². The van der Waals surface area contributed by atoms with Gasteiger partial charge in [-0.3, -0.25) is 4.99 Å². The monoisotopic (exact) mass is 315 g/mol. The molecule has 0 atom stereocenters. The van der Waals surface area contributed by atoms with E-state index in [1.165, 1.54) is 24.0 Å². The van der Waals surface area contributed by atoms with E-state index in [0.717, 1.165) is 29.1 Å². The molecule has 1 aliphatic heterocycles. The number of nitrogens with zero attached hydrogens (tertiary/aromatic N) is 3. The summed E-state index contributed by atoms with van der Waals surface area (Å²) in [5.41, 5.74) is 7.61. The van der Waals surface area contributed by atoms with E-state index >= 15 is 0 Å². The standard InChI is InChI=1S/C21H21N3/c1-21(2)12-19-17(14-8-9-14)6-3-7-18(19)20(23-21)15-11-16-5-4-10-24(16)22-13-15/h3-7,10-11,13-14H,8-9,12H2,1-2H3.